The van der Waals surface area contributed by atoms with E-state index in [9.17, 15) is 9.00 Å². The molecule has 2 aromatic rings. The molecule has 4 nitrogen and oxygen atoms in total. The monoisotopic (exact) mass is 302 g/mol. The second-order valence-electron chi connectivity index (χ2n) is 4.75. The zero-order valence-electron chi connectivity index (χ0n) is 11.8. The average molecular weight is 302 g/mol. The second-order valence-corrected chi connectivity index (χ2v) is 6.20. The van der Waals surface area contributed by atoms with Gasteiger partial charge in [-0.1, -0.05) is 29.8 Å². The van der Waals surface area contributed by atoms with Gasteiger partial charge in [0.15, 0.2) is 0 Å². The molecular formula is C16H18N2O2S. The Bertz CT molecular complexity index is 636. The Morgan fingerprint density at radius 3 is 2.29 bits per heavy atom. The van der Waals surface area contributed by atoms with E-state index in [1.165, 1.54) is 0 Å². The number of carbonyl (C=O) groups is 1. The van der Waals surface area contributed by atoms with E-state index >= 15 is 0 Å². The summed E-state index contributed by atoms with van der Waals surface area (Å²) in [5.74, 6) is -0.323. The van der Waals surface area contributed by atoms with Crippen LogP contribution in [0.25, 0.3) is 0 Å². The molecular weight excluding hydrogens is 284 g/mol. The lowest BCUT2D eigenvalue weighted by atomic mass is 10.2. The Morgan fingerprint density at radius 2 is 1.71 bits per heavy atom. The molecule has 2 aromatic carbocycles. The van der Waals surface area contributed by atoms with Gasteiger partial charge in [0.1, 0.15) is 5.75 Å². The number of carbonyl (C=O) groups excluding carboxylic acids is 1. The lowest BCUT2D eigenvalue weighted by Crippen LogP contribution is -2.19. The van der Waals surface area contributed by atoms with Gasteiger partial charge in [-0.3, -0.25) is 9.00 Å². The fourth-order valence-electron chi connectivity index (χ4n) is 1.81. The first-order valence-electron chi connectivity index (χ1n) is 6.62. The third-order valence-electron chi connectivity index (χ3n) is 3.02. The van der Waals surface area contributed by atoms with Gasteiger partial charge in [0, 0.05) is 17.1 Å². The van der Waals surface area contributed by atoms with E-state index in [1.54, 1.807) is 24.3 Å². The zero-order chi connectivity index (χ0) is 15.2. The maximum absolute atomic E-state index is 12.1. The summed E-state index contributed by atoms with van der Waals surface area (Å²) in [6.45, 7) is 2.43. The Morgan fingerprint density at radius 1 is 1.10 bits per heavy atom. The lowest BCUT2D eigenvalue weighted by molar-refractivity contribution is -0.113. The summed E-state index contributed by atoms with van der Waals surface area (Å²) < 4.78 is 12.1. The molecule has 0 aromatic heterocycles. The number of anilines is 1. The van der Waals surface area contributed by atoms with Crippen LogP contribution in [0.2, 0.25) is 0 Å². The molecule has 110 valence electrons. The van der Waals surface area contributed by atoms with E-state index in [0.29, 0.717) is 17.1 Å². The van der Waals surface area contributed by atoms with Crippen LogP contribution in [0.3, 0.4) is 0 Å². The molecule has 0 spiro atoms. The summed E-state index contributed by atoms with van der Waals surface area (Å²) in [6.07, 6.45) is 0. The predicted octanol–water partition coefficient (Wildman–Crippen LogP) is 2.20. The van der Waals surface area contributed by atoms with Crippen molar-refractivity contribution in [2.24, 2.45) is 5.73 Å². The molecule has 0 fully saturated rings. The van der Waals surface area contributed by atoms with Crippen LogP contribution in [-0.4, -0.2) is 15.9 Å². The fourth-order valence-corrected chi connectivity index (χ4v) is 2.73. The minimum Gasteiger partial charge on any atom is -0.326 e. The second kappa shape index (κ2) is 7.15. The standard InChI is InChI=1S/C16H18N2O2S/c1-12-2-8-15(9-3-12)21(20)11-16(19)18-14-6-4-13(10-17)5-7-14/h2-9H,10-11,17H2,1H3,(H,18,19). The highest BCUT2D eigenvalue weighted by Crippen LogP contribution is 2.11. The number of nitrogens with two attached hydrogens (primary N) is 1. The van der Waals surface area contributed by atoms with Crippen LogP contribution in [-0.2, 0) is 22.1 Å². The van der Waals surface area contributed by atoms with Crippen molar-refractivity contribution in [1.29, 1.82) is 0 Å². The third kappa shape index (κ3) is 4.51. The lowest BCUT2D eigenvalue weighted by Gasteiger charge is -2.06. The number of benzene rings is 2. The normalized spacial score (nSPS) is 11.9. The summed E-state index contributed by atoms with van der Waals surface area (Å²) in [5, 5.41) is 2.73. The number of nitrogens with one attached hydrogen (secondary N) is 1. The molecule has 2 rings (SSSR count). The van der Waals surface area contributed by atoms with Crippen molar-refractivity contribution >= 4 is 22.4 Å². The molecule has 0 aliphatic heterocycles. The molecule has 0 aliphatic rings. The molecule has 0 bridgehead atoms. The van der Waals surface area contributed by atoms with Gasteiger partial charge in [0.05, 0.1) is 10.8 Å². The van der Waals surface area contributed by atoms with Gasteiger partial charge in [-0.15, -0.1) is 0 Å². The summed E-state index contributed by atoms with van der Waals surface area (Å²) in [5.41, 5.74) is 8.29. The minimum atomic E-state index is -1.33. The van der Waals surface area contributed by atoms with Crippen molar-refractivity contribution in [3.8, 4) is 0 Å². The highest BCUT2D eigenvalue weighted by molar-refractivity contribution is 7.85. The molecule has 3 N–H and O–H groups in total. The first-order valence-corrected chi connectivity index (χ1v) is 7.94. The van der Waals surface area contributed by atoms with Crippen molar-refractivity contribution in [1.82, 2.24) is 0 Å². The van der Waals surface area contributed by atoms with Gasteiger partial charge in [0.2, 0.25) is 5.91 Å². The van der Waals surface area contributed by atoms with Crippen molar-refractivity contribution in [3.63, 3.8) is 0 Å². The van der Waals surface area contributed by atoms with E-state index in [-0.39, 0.29) is 11.7 Å². The SMILES string of the molecule is Cc1ccc(S(=O)CC(=O)Nc2ccc(CN)cc2)cc1. The van der Waals surface area contributed by atoms with Crippen LogP contribution in [0.4, 0.5) is 5.69 Å². The molecule has 1 atom stereocenters. The highest BCUT2D eigenvalue weighted by Gasteiger charge is 2.10. The number of aryl methyl sites for hydroxylation is 1. The van der Waals surface area contributed by atoms with Gasteiger partial charge in [0.25, 0.3) is 0 Å². The maximum atomic E-state index is 12.1. The summed E-state index contributed by atoms with van der Waals surface area (Å²) >= 11 is 0. The molecule has 0 radical (unpaired) electrons. The van der Waals surface area contributed by atoms with Crippen LogP contribution < -0.4 is 11.1 Å². The molecule has 5 heteroatoms. The number of hydrogen-bond donors (Lipinski definition) is 2. The largest absolute Gasteiger partial charge is 0.326 e. The Labute approximate surface area is 126 Å². The summed E-state index contributed by atoms with van der Waals surface area (Å²) in [4.78, 5) is 12.6. The van der Waals surface area contributed by atoms with Crippen LogP contribution >= 0.6 is 0 Å². The van der Waals surface area contributed by atoms with Crippen LogP contribution in [0.1, 0.15) is 11.1 Å². The van der Waals surface area contributed by atoms with E-state index in [1.807, 2.05) is 31.2 Å². The van der Waals surface area contributed by atoms with Crippen molar-refractivity contribution < 1.29 is 9.00 Å². The first kappa shape index (κ1) is 15.4. The molecule has 1 amide bonds. The molecule has 21 heavy (non-hydrogen) atoms. The zero-order valence-corrected chi connectivity index (χ0v) is 12.7. The maximum Gasteiger partial charge on any atom is 0.237 e. The quantitative estimate of drug-likeness (QED) is 0.889. The minimum absolute atomic E-state index is 0.0539. The fraction of sp³-hybridized carbons (Fsp3) is 0.188. The molecule has 0 saturated heterocycles. The van der Waals surface area contributed by atoms with Crippen molar-refractivity contribution in [2.45, 2.75) is 18.4 Å². The topological polar surface area (TPSA) is 72.2 Å². The molecule has 0 heterocycles. The van der Waals surface area contributed by atoms with Gasteiger partial charge in [-0.05, 0) is 36.8 Å². The van der Waals surface area contributed by atoms with E-state index in [4.69, 9.17) is 5.73 Å². The highest BCUT2D eigenvalue weighted by atomic mass is 32.2. The first-order chi connectivity index (χ1) is 10.1. The van der Waals surface area contributed by atoms with Crippen molar-refractivity contribution in [2.75, 3.05) is 11.1 Å². The van der Waals surface area contributed by atoms with Crippen LogP contribution in [0, 0.1) is 6.92 Å². The summed E-state index contributed by atoms with van der Waals surface area (Å²) in [7, 11) is -1.33. The molecule has 0 aliphatic carbocycles. The van der Waals surface area contributed by atoms with Gasteiger partial charge >= 0.3 is 0 Å². The number of amides is 1. The van der Waals surface area contributed by atoms with E-state index < -0.39 is 10.8 Å². The third-order valence-corrected chi connectivity index (χ3v) is 4.34. The smallest absolute Gasteiger partial charge is 0.237 e. The average Bonchev–Trinajstić information content (AvgIpc) is 2.48. The van der Waals surface area contributed by atoms with E-state index in [2.05, 4.69) is 5.32 Å². The van der Waals surface area contributed by atoms with Gasteiger partial charge < -0.3 is 11.1 Å². The molecule has 1 unspecified atom stereocenters. The molecule has 0 saturated carbocycles. The predicted molar refractivity (Wildman–Crippen MR) is 85.4 cm³/mol. The Kier molecular flexibility index (Phi) is 5.25. The Balaban J connectivity index is 1.94. The van der Waals surface area contributed by atoms with Crippen LogP contribution in [0.5, 0.6) is 0 Å². The number of rotatable bonds is 5. The number of hydrogen-bond acceptors (Lipinski definition) is 3. The van der Waals surface area contributed by atoms with E-state index in [0.717, 1.165) is 11.1 Å². The van der Waals surface area contributed by atoms with Gasteiger partial charge in [-0.25, -0.2) is 0 Å². The van der Waals surface area contributed by atoms with Gasteiger partial charge in [-0.2, -0.15) is 0 Å². The summed E-state index contributed by atoms with van der Waals surface area (Å²) in [6, 6.07) is 14.6. The van der Waals surface area contributed by atoms with Crippen LogP contribution in [0.15, 0.2) is 53.4 Å². The Hall–Kier alpha value is -1.98. The van der Waals surface area contributed by atoms with Crippen molar-refractivity contribution in [3.05, 3.63) is 59.7 Å².